The summed E-state index contributed by atoms with van der Waals surface area (Å²) in [7, 11) is -2.88. The van der Waals surface area contributed by atoms with Crippen LogP contribution in [-0.2, 0) is 9.05 Å². The molecule has 0 aromatic heterocycles. The Hall–Kier alpha value is 0.140. The fraction of sp³-hybridized carbons (Fsp3) is 1.00. The Bertz CT molecular complexity index is 141. The molecule has 0 aliphatic carbocycles. The molecule has 2 atom stereocenters. The first kappa shape index (κ1) is 9.23. The van der Waals surface area contributed by atoms with Crippen molar-refractivity contribution in [1.82, 2.24) is 0 Å². The van der Waals surface area contributed by atoms with Crippen LogP contribution in [0.2, 0.25) is 0 Å². The molecule has 1 heterocycles. The van der Waals surface area contributed by atoms with Gasteiger partial charge in [-0.3, -0.25) is 9.05 Å². The molecule has 0 aromatic carbocycles. The van der Waals surface area contributed by atoms with E-state index < -0.39 is 26.8 Å². The third-order valence-electron chi connectivity index (χ3n) is 1.52. The highest BCUT2D eigenvalue weighted by molar-refractivity contribution is 7.41. The summed E-state index contributed by atoms with van der Waals surface area (Å²) in [6.45, 7) is 2.54. The molecule has 0 spiro atoms. The number of halogens is 3. The predicted molar refractivity (Wildman–Crippen MR) is 33.8 cm³/mol. The van der Waals surface area contributed by atoms with Gasteiger partial charge in [0.05, 0.1) is 5.41 Å². The maximum Gasteiger partial charge on any atom is 0.380 e. The fourth-order valence-electron chi connectivity index (χ4n) is 0.545. The van der Waals surface area contributed by atoms with E-state index in [1.807, 2.05) is 0 Å². The summed E-state index contributed by atoms with van der Waals surface area (Å²) in [6.07, 6.45) is -3.88. The lowest BCUT2D eigenvalue weighted by Crippen LogP contribution is -2.40. The molecule has 0 saturated carbocycles. The summed E-state index contributed by atoms with van der Waals surface area (Å²) in [6, 6.07) is 0. The minimum atomic E-state index is -2.88. The van der Waals surface area contributed by atoms with Crippen LogP contribution in [0.4, 0.5) is 13.0 Å². The number of hydrogen-bond acceptors (Lipinski definition) is 2. The van der Waals surface area contributed by atoms with E-state index in [1.165, 1.54) is 13.8 Å². The Morgan fingerprint density at radius 1 is 1.18 bits per heavy atom. The van der Waals surface area contributed by atoms with Crippen LogP contribution in [-0.4, -0.2) is 12.7 Å². The lowest BCUT2D eigenvalue weighted by molar-refractivity contribution is -0.176. The largest absolute Gasteiger partial charge is 0.380 e. The normalized spacial score (nSPS) is 43.9. The first-order valence-electron chi connectivity index (χ1n) is 3.02. The summed E-state index contributed by atoms with van der Waals surface area (Å²) < 4.78 is 45.6. The van der Waals surface area contributed by atoms with E-state index in [4.69, 9.17) is 0 Å². The van der Waals surface area contributed by atoms with Crippen LogP contribution in [0.1, 0.15) is 13.8 Å². The zero-order valence-corrected chi connectivity index (χ0v) is 6.95. The first-order valence-corrected chi connectivity index (χ1v) is 4.09. The summed E-state index contributed by atoms with van der Waals surface area (Å²) in [5.74, 6) is 0. The third-order valence-corrected chi connectivity index (χ3v) is 2.22. The van der Waals surface area contributed by atoms with Gasteiger partial charge in [-0.25, -0.2) is 8.78 Å². The molecule has 0 radical (unpaired) electrons. The van der Waals surface area contributed by atoms with Gasteiger partial charge in [0.15, 0.2) is 0 Å². The minimum Gasteiger partial charge on any atom is -0.273 e. The van der Waals surface area contributed by atoms with Gasteiger partial charge < -0.3 is 0 Å². The highest BCUT2D eigenvalue weighted by Gasteiger charge is 2.48. The van der Waals surface area contributed by atoms with Gasteiger partial charge in [0, 0.05) is 0 Å². The zero-order chi connectivity index (χ0) is 8.65. The second-order valence-electron chi connectivity index (χ2n) is 2.88. The van der Waals surface area contributed by atoms with E-state index in [0.717, 1.165) is 0 Å². The van der Waals surface area contributed by atoms with Gasteiger partial charge in [0.1, 0.15) is 0 Å². The summed E-state index contributed by atoms with van der Waals surface area (Å²) in [5.41, 5.74) is -1.43. The maximum atomic E-state index is 12.7. The van der Waals surface area contributed by atoms with Crippen molar-refractivity contribution in [2.24, 2.45) is 5.41 Å². The van der Waals surface area contributed by atoms with Gasteiger partial charge >= 0.3 is 8.69 Å². The third kappa shape index (κ3) is 1.66. The van der Waals surface area contributed by atoms with Gasteiger partial charge in [-0.05, 0) is 13.8 Å². The van der Waals surface area contributed by atoms with Crippen LogP contribution in [0, 0.1) is 5.41 Å². The van der Waals surface area contributed by atoms with E-state index in [2.05, 4.69) is 9.05 Å². The van der Waals surface area contributed by atoms with Crippen molar-refractivity contribution in [2.45, 2.75) is 26.6 Å². The summed E-state index contributed by atoms with van der Waals surface area (Å²) in [4.78, 5) is 0. The monoisotopic (exact) mass is 188 g/mol. The van der Waals surface area contributed by atoms with Crippen LogP contribution in [0.5, 0.6) is 0 Å². The average Bonchev–Trinajstić information content (AvgIpc) is 1.84. The molecular formula is C5H8F3O2P. The Morgan fingerprint density at radius 3 is 1.91 bits per heavy atom. The SMILES string of the molecule is CC1(C)C(F)OP(F)OC1F. The van der Waals surface area contributed by atoms with Crippen molar-refractivity contribution in [3.05, 3.63) is 0 Å². The second-order valence-corrected chi connectivity index (χ2v) is 3.72. The van der Waals surface area contributed by atoms with Gasteiger partial charge in [0.25, 0.3) is 0 Å². The molecule has 0 N–H and O–H groups in total. The Balaban J connectivity index is 2.67. The van der Waals surface area contributed by atoms with Crippen LogP contribution < -0.4 is 0 Å². The molecule has 6 heteroatoms. The van der Waals surface area contributed by atoms with Gasteiger partial charge in [-0.1, -0.05) is 0 Å². The molecular weight excluding hydrogens is 180 g/mol. The van der Waals surface area contributed by atoms with E-state index in [9.17, 15) is 13.0 Å². The number of alkyl halides is 2. The van der Waals surface area contributed by atoms with Crippen molar-refractivity contribution >= 4 is 8.69 Å². The molecule has 11 heavy (non-hydrogen) atoms. The molecule has 0 amide bonds. The van der Waals surface area contributed by atoms with Crippen molar-refractivity contribution < 1.29 is 22.0 Å². The van der Waals surface area contributed by atoms with E-state index in [1.54, 1.807) is 0 Å². The minimum absolute atomic E-state index is 1.27. The molecule has 0 bridgehead atoms. The summed E-state index contributed by atoms with van der Waals surface area (Å²) >= 11 is 0. The van der Waals surface area contributed by atoms with Gasteiger partial charge in [-0.2, -0.15) is 4.20 Å². The topological polar surface area (TPSA) is 18.5 Å². The number of rotatable bonds is 0. The van der Waals surface area contributed by atoms with Crippen molar-refractivity contribution in [1.29, 1.82) is 0 Å². The van der Waals surface area contributed by atoms with Crippen LogP contribution >= 0.6 is 8.69 Å². The second kappa shape index (κ2) is 2.88. The van der Waals surface area contributed by atoms with Crippen molar-refractivity contribution in [3.8, 4) is 0 Å². The quantitative estimate of drug-likeness (QED) is 0.544. The molecule has 0 aromatic rings. The van der Waals surface area contributed by atoms with Crippen molar-refractivity contribution in [2.75, 3.05) is 0 Å². The molecule has 1 fully saturated rings. The van der Waals surface area contributed by atoms with E-state index in [-0.39, 0.29) is 0 Å². The Labute approximate surface area is 63.7 Å². The Morgan fingerprint density at radius 2 is 1.55 bits per heavy atom. The molecule has 2 nitrogen and oxygen atoms in total. The lowest BCUT2D eigenvalue weighted by atomic mass is 9.94. The lowest BCUT2D eigenvalue weighted by Gasteiger charge is -2.35. The smallest absolute Gasteiger partial charge is 0.273 e. The predicted octanol–water partition coefficient (Wildman–Crippen LogP) is 2.85. The fourth-order valence-corrected chi connectivity index (χ4v) is 1.43. The first-order chi connectivity index (χ1) is 4.94. The standard InChI is InChI=1S/C5H8F3O2P/c1-5(2)3(6)9-11(8)10-4(5)7/h3-4H,1-2H3. The Kier molecular flexibility index (Phi) is 2.42. The number of hydrogen-bond donors (Lipinski definition) is 0. The highest BCUT2D eigenvalue weighted by atomic mass is 31.2. The van der Waals surface area contributed by atoms with Gasteiger partial charge in [0.2, 0.25) is 12.7 Å². The zero-order valence-electron chi connectivity index (χ0n) is 6.05. The molecule has 1 aliphatic rings. The molecule has 2 unspecified atom stereocenters. The molecule has 1 aliphatic heterocycles. The van der Waals surface area contributed by atoms with Crippen LogP contribution in [0.25, 0.3) is 0 Å². The van der Waals surface area contributed by atoms with E-state index >= 15 is 0 Å². The van der Waals surface area contributed by atoms with Crippen LogP contribution in [0.3, 0.4) is 0 Å². The average molecular weight is 188 g/mol. The molecule has 1 rings (SSSR count). The van der Waals surface area contributed by atoms with E-state index in [0.29, 0.717) is 0 Å². The molecule has 66 valence electrons. The van der Waals surface area contributed by atoms with Crippen molar-refractivity contribution in [3.63, 3.8) is 0 Å². The van der Waals surface area contributed by atoms with Crippen LogP contribution in [0.15, 0.2) is 0 Å². The van der Waals surface area contributed by atoms with Gasteiger partial charge in [-0.15, -0.1) is 0 Å². The molecule has 1 saturated heterocycles. The summed E-state index contributed by atoms with van der Waals surface area (Å²) in [5, 5.41) is 0. The maximum absolute atomic E-state index is 12.7. The highest BCUT2D eigenvalue weighted by Crippen LogP contribution is 2.54.